The third kappa shape index (κ3) is 3.30. The molecule has 0 aromatic carbocycles. The molecule has 1 atom stereocenters. The van der Waals surface area contributed by atoms with Gasteiger partial charge in [0.15, 0.2) is 0 Å². The Morgan fingerprint density at radius 2 is 2.05 bits per heavy atom. The Balaban J connectivity index is 2.24. The maximum absolute atomic E-state index is 12.2. The first-order valence-electron chi connectivity index (χ1n) is 7.35. The molecule has 2 amide bonds. The standard InChI is InChI=1S/C14H23N3O3/c1-3-10-12(13(18)20-4-2)11(16-14(19)15-10)9-17-7-5-6-8-17/h10H,3-9H2,1-2H3,(H2,15,16,19). The number of carbonyl (C=O) groups is 2. The highest BCUT2D eigenvalue weighted by molar-refractivity contribution is 5.94. The number of esters is 1. The molecule has 2 aliphatic rings. The van der Waals surface area contributed by atoms with Crippen LogP contribution in [-0.2, 0) is 9.53 Å². The van der Waals surface area contributed by atoms with Crippen molar-refractivity contribution in [1.29, 1.82) is 0 Å². The summed E-state index contributed by atoms with van der Waals surface area (Å²) in [6.07, 6.45) is 3.02. The number of nitrogens with zero attached hydrogens (tertiary/aromatic N) is 1. The summed E-state index contributed by atoms with van der Waals surface area (Å²) in [5, 5.41) is 5.57. The van der Waals surface area contributed by atoms with Crippen LogP contribution in [0.5, 0.6) is 0 Å². The average molecular weight is 281 g/mol. The minimum atomic E-state index is -0.332. The fourth-order valence-electron chi connectivity index (χ4n) is 2.75. The van der Waals surface area contributed by atoms with E-state index in [1.165, 1.54) is 12.8 Å². The van der Waals surface area contributed by atoms with Gasteiger partial charge in [-0.25, -0.2) is 9.59 Å². The summed E-state index contributed by atoms with van der Waals surface area (Å²) in [4.78, 5) is 26.1. The minimum Gasteiger partial charge on any atom is -0.463 e. The number of hydrogen-bond donors (Lipinski definition) is 2. The Morgan fingerprint density at radius 3 is 2.65 bits per heavy atom. The third-order valence-corrected chi connectivity index (χ3v) is 3.73. The summed E-state index contributed by atoms with van der Waals surface area (Å²) in [5.41, 5.74) is 1.27. The second kappa shape index (κ2) is 6.74. The molecule has 6 heteroatoms. The lowest BCUT2D eigenvalue weighted by Gasteiger charge is -2.30. The van der Waals surface area contributed by atoms with Crippen LogP contribution in [0.15, 0.2) is 11.3 Å². The van der Waals surface area contributed by atoms with Crippen LogP contribution in [0.2, 0.25) is 0 Å². The zero-order chi connectivity index (χ0) is 14.5. The lowest BCUT2D eigenvalue weighted by Crippen LogP contribution is -2.52. The highest BCUT2D eigenvalue weighted by atomic mass is 16.5. The van der Waals surface area contributed by atoms with Crippen molar-refractivity contribution in [3.05, 3.63) is 11.3 Å². The number of carbonyl (C=O) groups excluding carboxylic acids is 2. The van der Waals surface area contributed by atoms with Crippen LogP contribution in [0.1, 0.15) is 33.1 Å². The number of rotatable bonds is 5. The van der Waals surface area contributed by atoms with Gasteiger partial charge >= 0.3 is 12.0 Å². The Kier molecular flexibility index (Phi) is 5.00. The molecule has 1 saturated heterocycles. The van der Waals surface area contributed by atoms with E-state index in [9.17, 15) is 9.59 Å². The summed E-state index contributed by atoms with van der Waals surface area (Å²) in [5.74, 6) is -0.332. The molecule has 1 fully saturated rings. The predicted molar refractivity (Wildman–Crippen MR) is 75.1 cm³/mol. The molecule has 1 unspecified atom stereocenters. The van der Waals surface area contributed by atoms with Gasteiger partial charge in [-0.3, -0.25) is 4.90 Å². The van der Waals surface area contributed by atoms with Crippen molar-refractivity contribution >= 4 is 12.0 Å². The zero-order valence-corrected chi connectivity index (χ0v) is 12.2. The maximum atomic E-state index is 12.2. The van der Waals surface area contributed by atoms with E-state index in [2.05, 4.69) is 15.5 Å². The molecule has 112 valence electrons. The number of amides is 2. The van der Waals surface area contributed by atoms with E-state index in [1.807, 2.05) is 6.92 Å². The van der Waals surface area contributed by atoms with Crippen LogP contribution in [-0.4, -0.2) is 49.2 Å². The predicted octanol–water partition coefficient (Wildman–Crippen LogP) is 0.991. The van der Waals surface area contributed by atoms with Crippen molar-refractivity contribution in [2.45, 2.75) is 39.2 Å². The highest BCUT2D eigenvalue weighted by Gasteiger charge is 2.32. The number of ether oxygens (including phenoxy) is 1. The molecule has 0 radical (unpaired) electrons. The van der Waals surface area contributed by atoms with Gasteiger partial charge in [-0.05, 0) is 39.3 Å². The van der Waals surface area contributed by atoms with Crippen LogP contribution in [0.3, 0.4) is 0 Å². The van der Waals surface area contributed by atoms with Gasteiger partial charge < -0.3 is 15.4 Å². The molecular weight excluding hydrogens is 258 g/mol. The zero-order valence-electron chi connectivity index (χ0n) is 12.2. The molecule has 0 aliphatic carbocycles. The van der Waals surface area contributed by atoms with Crippen molar-refractivity contribution in [2.75, 3.05) is 26.2 Å². The summed E-state index contributed by atoms with van der Waals surface area (Å²) in [6, 6.07) is -0.500. The summed E-state index contributed by atoms with van der Waals surface area (Å²) in [6.45, 7) is 6.71. The SMILES string of the molecule is CCOC(=O)C1=C(CN2CCCC2)NC(=O)NC1CC. The van der Waals surface area contributed by atoms with E-state index in [4.69, 9.17) is 4.74 Å². The van der Waals surface area contributed by atoms with E-state index in [0.29, 0.717) is 30.8 Å². The summed E-state index contributed by atoms with van der Waals surface area (Å²) < 4.78 is 5.14. The number of likely N-dealkylation sites (tertiary alicyclic amines) is 1. The molecule has 20 heavy (non-hydrogen) atoms. The summed E-state index contributed by atoms with van der Waals surface area (Å²) >= 11 is 0. The van der Waals surface area contributed by atoms with Gasteiger partial charge in [0.05, 0.1) is 18.2 Å². The lowest BCUT2D eigenvalue weighted by atomic mass is 10.00. The quantitative estimate of drug-likeness (QED) is 0.737. The van der Waals surface area contributed by atoms with Crippen LogP contribution in [0, 0.1) is 0 Å². The van der Waals surface area contributed by atoms with Gasteiger partial charge in [0.25, 0.3) is 0 Å². The first kappa shape index (κ1) is 14.8. The Bertz CT molecular complexity index is 414. The van der Waals surface area contributed by atoms with E-state index in [1.54, 1.807) is 6.92 Å². The molecule has 0 aromatic heterocycles. The molecule has 2 rings (SSSR count). The van der Waals surface area contributed by atoms with Gasteiger partial charge in [-0.2, -0.15) is 0 Å². The van der Waals surface area contributed by atoms with Crippen molar-refractivity contribution < 1.29 is 14.3 Å². The molecule has 0 bridgehead atoms. The fraction of sp³-hybridized carbons (Fsp3) is 0.714. The second-order valence-corrected chi connectivity index (χ2v) is 5.16. The van der Waals surface area contributed by atoms with Gasteiger partial charge in [0.1, 0.15) is 0 Å². The first-order valence-corrected chi connectivity index (χ1v) is 7.35. The van der Waals surface area contributed by atoms with Crippen LogP contribution < -0.4 is 10.6 Å². The average Bonchev–Trinajstić information content (AvgIpc) is 2.91. The Hall–Kier alpha value is -1.56. The third-order valence-electron chi connectivity index (χ3n) is 3.73. The van der Waals surface area contributed by atoms with Crippen molar-refractivity contribution in [1.82, 2.24) is 15.5 Å². The molecule has 2 N–H and O–H groups in total. The Morgan fingerprint density at radius 1 is 1.35 bits per heavy atom. The normalized spacial score (nSPS) is 23.5. The molecular formula is C14H23N3O3. The minimum absolute atomic E-state index is 0.237. The fourth-order valence-corrected chi connectivity index (χ4v) is 2.75. The number of nitrogens with one attached hydrogen (secondary N) is 2. The smallest absolute Gasteiger partial charge is 0.337 e. The van der Waals surface area contributed by atoms with Gasteiger partial charge in [0, 0.05) is 12.2 Å². The summed E-state index contributed by atoms with van der Waals surface area (Å²) in [7, 11) is 0. The first-order chi connectivity index (χ1) is 9.65. The monoisotopic (exact) mass is 281 g/mol. The lowest BCUT2D eigenvalue weighted by molar-refractivity contribution is -0.139. The molecule has 0 aromatic rings. The van der Waals surface area contributed by atoms with Crippen LogP contribution >= 0.6 is 0 Å². The molecule has 0 spiro atoms. The highest BCUT2D eigenvalue weighted by Crippen LogP contribution is 2.19. The largest absolute Gasteiger partial charge is 0.463 e. The van der Waals surface area contributed by atoms with E-state index >= 15 is 0 Å². The van der Waals surface area contributed by atoms with E-state index in [-0.39, 0.29) is 18.0 Å². The van der Waals surface area contributed by atoms with Crippen molar-refractivity contribution in [3.63, 3.8) is 0 Å². The molecule has 2 aliphatic heterocycles. The second-order valence-electron chi connectivity index (χ2n) is 5.16. The van der Waals surface area contributed by atoms with Crippen LogP contribution in [0.4, 0.5) is 4.79 Å². The van der Waals surface area contributed by atoms with Crippen molar-refractivity contribution in [2.24, 2.45) is 0 Å². The topological polar surface area (TPSA) is 70.7 Å². The molecule has 6 nitrogen and oxygen atoms in total. The maximum Gasteiger partial charge on any atom is 0.337 e. The number of hydrogen-bond acceptors (Lipinski definition) is 4. The van der Waals surface area contributed by atoms with Gasteiger partial charge in [-0.1, -0.05) is 6.92 Å². The number of urea groups is 1. The van der Waals surface area contributed by atoms with Gasteiger partial charge in [0.2, 0.25) is 0 Å². The molecule has 2 heterocycles. The van der Waals surface area contributed by atoms with Gasteiger partial charge in [-0.15, -0.1) is 0 Å². The van der Waals surface area contributed by atoms with E-state index in [0.717, 1.165) is 13.1 Å². The van der Waals surface area contributed by atoms with Crippen molar-refractivity contribution in [3.8, 4) is 0 Å². The van der Waals surface area contributed by atoms with E-state index < -0.39 is 0 Å². The molecule has 0 saturated carbocycles. The van der Waals surface area contributed by atoms with Crippen LogP contribution in [0.25, 0.3) is 0 Å². The Labute approximate surface area is 119 Å².